The van der Waals surface area contributed by atoms with Gasteiger partial charge in [0.2, 0.25) is 10.0 Å². The van der Waals surface area contributed by atoms with Crippen LogP contribution in [0.1, 0.15) is 29.5 Å². The van der Waals surface area contributed by atoms with Crippen molar-refractivity contribution in [2.24, 2.45) is 0 Å². The highest BCUT2D eigenvalue weighted by atomic mass is 35.5. The molecule has 4 rings (SSSR count). The minimum Gasteiger partial charge on any atom is -0.454 e. The quantitative estimate of drug-likeness (QED) is 0.484. The minimum atomic E-state index is -3.63. The molecule has 2 heterocycles. The molecule has 1 saturated heterocycles. The fourth-order valence-corrected chi connectivity index (χ4v) is 5.32. The molecule has 0 aliphatic carbocycles. The van der Waals surface area contributed by atoms with Gasteiger partial charge in [0.1, 0.15) is 12.4 Å². The second-order valence-electron chi connectivity index (χ2n) is 7.40. The van der Waals surface area contributed by atoms with E-state index in [4.69, 9.17) is 21.1 Å². The monoisotopic (exact) mass is 477 g/mol. The molecular weight excluding hydrogens is 454 g/mol. The zero-order valence-corrected chi connectivity index (χ0v) is 19.2. The van der Waals surface area contributed by atoms with E-state index in [-0.39, 0.29) is 17.1 Å². The van der Waals surface area contributed by atoms with Crippen LogP contribution in [0.3, 0.4) is 0 Å². The summed E-state index contributed by atoms with van der Waals surface area (Å²) in [6, 6.07) is 11.6. The zero-order chi connectivity index (χ0) is 22.7. The summed E-state index contributed by atoms with van der Waals surface area (Å²) >= 11 is 6.08. The maximum Gasteiger partial charge on any atom is 0.340 e. The van der Waals surface area contributed by atoms with E-state index in [9.17, 15) is 13.2 Å². The third-order valence-electron chi connectivity index (χ3n) is 5.28. The Labute approximate surface area is 191 Å². The molecule has 1 aliphatic rings. The molecule has 0 bridgehead atoms. The zero-order valence-electron chi connectivity index (χ0n) is 17.7. The number of aryl methyl sites for hydroxylation is 1. The SMILES string of the molecule is CCCn1c(COC(=O)c2ccccc2Cl)nc2cc(S(=O)(=O)N3CCOCC3)ccc21. The number of carbonyl (C=O) groups excluding carboxylic acids is 1. The van der Waals surface area contributed by atoms with Crippen LogP contribution in [0.4, 0.5) is 0 Å². The van der Waals surface area contributed by atoms with Crippen LogP contribution in [0, 0.1) is 0 Å². The van der Waals surface area contributed by atoms with Crippen molar-refractivity contribution < 1.29 is 22.7 Å². The number of fused-ring (bicyclic) bond motifs is 1. The number of sulfonamides is 1. The van der Waals surface area contributed by atoms with Crippen molar-refractivity contribution in [3.63, 3.8) is 0 Å². The smallest absolute Gasteiger partial charge is 0.340 e. The lowest BCUT2D eigenvalue weighted by Crippen LogP contribution is -2.40. The summed E-state index contributed by atoms with van der Waals surface area (Å²) in [5, 5.41) is 0.317. The summed E-state index contributed by atoms with van der Waals surface area (Å²) in [5.74, 6) is 0.00413. The van der Waals surface area contributed by atoms with Crippen LogP contribution in [0.5, 0.6) is 0 Å². The van der Waals surface area contributed by atoms with Crippen molar-refractivity contribution in [3.8, 4) is 0 Å². The van der Waals surface area contributed by atoms with Crippen LogP contribution < -0.4 is 0 Å². The Hall–Kier alpha value is -2.46. The second-order valence-corrected chi connectivity index (χ2v) is 9.75. The molecular formula is C22H24ClN3O5S. The number of hydrogen-bond donors (Lipinski definition) is 0. The molecule has 8 nitrogen and oxygen atoms in total. The molecule has 0 unspecified atom stereocenters. The molecule has 0 atom stereocenters. The molecule has 0 spiro atoms. The molecule has 0 saturated carbocycles. The lowest BCUT2D eigenvalue weighted by atomic mass is 10.2. The van der Waals surface area contributed by atoms with Gasteiger partial charge in [-0.25, -0.2) is 18.2 Å². The van der Waals surface area contributed by atoms with E-state index in [0.717, 1.165) is 11.9 Å². The van der Waals surface area contributed by atoms with E-state index in [2.05, 4.69) is 4.98 Å². The number of hydrogen-bond acceptors (Lipinski definition) is 6. The number of imidazole rings is 1. The van der Waals surface area contributed by atoms with Gasteiger partial charge in [0.25, 0.3) is 0 Å². The Morgan fingerprint density at radius 3 is 2.66 bits per heavy atom. The maximum atomic E-state index is 13.0. The van der Waals surface area contributed by atoms with Crippen LogP contribution in [0.15, 0.2) is 47.4 Å². The highest BCUT2D eigenvalue weighted by molar-refractivity contribution is 7.89. The standard InChI is InChI=1S/C22H24ClN3O5S/c1-2-9-26-20-8-7-16(32(28,29)25-10-12-30-13-11-25)14-19(20)24-21(26)15-31-22(27)17-5-3-4-6-18(17)23/h3-8,14H,2,9-13,15H2,1H3. The highest BCUT2D eigenvalue weighted by Crippen LogP contribution is 2.25. The number of rotatable bonds is 7. The summed E-state index contributed by atoms with van der Waals surface area (Å²) in [5.41, 5.74) is 1.61. The minimum absolute atomic E-state index is 0.0513. The predicted octanol–water partition coefficient (Wildman–Crippen LogP) is 3.48. The van der Waals surface area contributed by atoms with Gasteiger partial charge in [-0.2, -0.15) is 4.31 Å². The first-order valence-corrected chi connectivity index (χ1v) is 12.2. The molecule has 2 aromatic carbocycles. The Bertz CT molecular complexity index is 1240. The molecule has 10 heteroatoms. The largest absolute Gasteiger partial charge is 0.454 e. The van der Waals surface area contributed by atoms with Crippen molar-refractivity contribution in [2.75, 3.05) is 26.3 Å². The molecule has 0 amide bonds. The topological polar surface area (TPSA) is 90.7 Å². The van der Waals surface area contributed by atoms with E-state index in [1.807, 2.05) is 11.5 Å². The first kappa shape index (κ1) is 22.7. The van der Waals surface area contributed by atoms with E-state index in [1.54, 1.807) is 42.5 Å². The number of halogens is 1. The lowest BCUT2D eigenvalue weighted by molar-refractivity contribution is 0.0458. The fraction of sp³-hybridized carbons (Fsp3) is 0.364. The Morgan fingerprint density at radius 2 is 1.94 bits per heavy atom. The summed E-state index contributed by atoms with van der Waals surface area (Å²) in [6.45, 7) is 4.06. The summed E-state index contributed by atoms with van der Waals surface area (Å²) in [6.07, 6.45) is 0.838. The normalized spacial score (nSPS) is 15.2. The molecule has 0 N–H and O–H groups in total. The third kappa shape index (κ3) is 4.52. The van der Waals surface area contributed by atoms with Gasteiger partial charge in [-0.3, -0.25) is 0 Å². The Kier molecular flexibility index (Phi) is 6.80. The molecule has 1 fully saturated rings. The summed E-state index contributed by atoms with van der Waals surface area (Å²) in [4.78, 5) is 17.2. The number of benzene rings is 2. The number of ether oxygens (including phenoxy) is 2. The van der Waals surface area contributed by atoms with Gasteiger partial charge >= 0.3 is 5.97 Å². The summed E-state index contributed by atoms with van der Waals surface area (Å²) < 4.78 is 40.1. The van der Waals surface area contributed by atoms with Crippen molar-refractivity contribution in [3.05, 3.63) is 58.9 Å². The van der Waals surface area contributed by atoms with E-state index in [1.165, 1.54) is 4.31 Å². The Balaban J connectivity index is 1.62. The van der Waals surface area contributed by atoms with Crippen molar-refractivity contribution in [1.82, 2.24) is 13.9 Å². The average molecular weight is 478 g/mol. The number of nitrogens with zero attached hydrogens (tertiary/aromatic N) is 3. The van der Waals surface area contributed by atoms with Gasteiger partial charge in [-0.1, -0.05) is 30.7 Å². The van der Waals surface area contributed by atoms with Crippen molar-refractivity contribution in [1.29, 1.82) is 0 Å². The third-order valence-corrected chi connectivity index (χ3v) is 7.50. The highest BCUT2D eigenvalue weighted by Gasteiger charge is 2.27. The molecule has 3 aromatic rings. The molecule has 0 radical (unpaired) electrons. The molecule has 170 valence electrons. The van der Waals surface area contributed by atoms with E-state index in [0.29, 0.717) is 49.2 Å². The summed E-state index contributed by atoms with van der Waals surface area (Å²) in [7, 11) is -3.63. The van der Waals surface area contributed by atoms with Gasteiger partial charge in [0.05, 0.1) is 39.7 Å². The first-order valence-electron chi connectivity index (χ1n) is 10.4. The van der Waals surface area contributed by atoms with Gasteiger partial charge in [0, 0.05) is 19.6 Å². The predicted molar refractivity (Wildman–Crippen MR) is 120 cm³/mol. The molecule has 1 aliphatic heterocycles. The van der Waals surface area contributed by atoms with Crippen molar-refractivity contribution in [2.45, 2.75) is 31.4 Å². The van der Waals surface area contributed by atoms with Crippen LogP contribution in [0.2, 0.25) is 5.02 Å². The van der Waals surface area contributed by atoms with Gasteiger partial charge in [-0.05, 0) is 36.8 Å². The van der Waals surface area contributed by atoms with Crippen LogP contribution in [0.25, 0.3) is 11.0 Å². The first-order chi connectivity index (χ1) is 15.4. The van der Waals surface area contributed by atoms with Crippen molar-refractivity contribution >= 4 is 38.6 Å². The van der Waals surface area contributed by atoms with E-state index >= 15 is 0 Å². The number of esters is 1. The second kappa shape index (κ2) is 9.58. The van der Waals surface area contributed by atoms with Crippen LogP contribution in [-0.2, 0) is 32.6 Å². The van der Waals surface area contributed by atoms with Crippen LogP contribution in [-0.4, -0.2) is 54.5 Å². The molecule has 32 heavy (non-hydrogen) atoms. The number of morpholine rings is 1. The molecule has 1 aromatic heterocycles. The lowest BCUT2D eigenvalue weighted by Gasteiger charge is -2.26. The fourth-order valence-electron chi connectivity index (χ4n) is 3.67. The van der Waals surface area contributed by atoms with Gasteiger partial charge in [-0.15, -0.1) is 0 Å². The van der Waals surface area contributed by atoms with E-state index < -0.39 is 16.0 Å². The maximum absolute atomic E-state index is 13.0. The van der Waals surface area contributed by atoms with Gasteiger partial charge < -0.3 is 14.0 Å². The Morgan fingerprint density at radius 1 is 1.19 bits per heavy atom. The van der Waals surface area contributed by atoms with Gasteiger partial charge in [0.15, 0.2) is 0 Å². The van der Waals surface area contributed by atoms with Crippen LogP contribution >= 0.6 is 11.6 Å². The number of aromatic nitrogens is 2. The average Bonchev–Trinajstić information content (AvgIpc) is 3.15. The number of carbonyl (C=O) groups is 1.